The summed E-state index contributed by atoms with van der Waals surface area (Å²) in [5, 5.41) is 3.43. The van der Waals surface area contributed by atoms with E-state index in [1.807, 2.05) is 7.05 Å². The van der Waals surface area contributed by atoms with Crippen molar-refractivity contribution in [1.82, 2.24) is 5.32 Å². The molecule has 2 nitrogen and oxygen atoms in total. The minimum atomic E-state index is 0.440. The van der Waals surface area contributed by atoms with E-state index in [1.165, 1.54) is 40.4 Å². The fourth-order valence-electron chi connectivity index (χ4n) is 2.71. The molecule has 17 heavy (non-hydrogen) atoms. The predicted octanol–water partition coefficient (Wildman–Crippen LogP) is 3.75. The summed E-state index contributed by atoms with van der Waals surface area (Å²) in [6.07, 6.45) is 4.84. The topological polar surface area (TPSA) is 21.3 Å². The van der Waals surface area contributed by atoms with Gasteiger partial charge in [0.1, 0.15) is 5.75 Å². The standard InChI is InChI=1S/C14H20BrNO/c1-9-8-12(17-3)10-6-4-5-7-11(16-2)13(10)14(9)15/h8,11,16H,4-7H2,1-3H3. The molecule has 0 radical (unpaired) electrons. The first kappa shape index (κ1) is 12.9. The molecule has 1 unspecified atom stereocenters. The van der Waals surface area contributed by atoms with Crippen LogP contribution >= 0.6 is 15.9 Å². The molecule has 0 saturated carbocycles. The van der Waals surface area contributed by atoms with E-state index in [4.69, 9.17) is 4.74 Å². The lowest BCUT2D eigenvalue weighted by molar-refractivity contribution is 0.407. The summed E-state index contributed by atoms with van der Waals surface area (Å²) >= 11 is 3.75. The number of hydrogen-bond acceptors (Lipinski definition) is 2. The number of halogens is 1. The molecule has 1 aromatic rings. The summed E-state index contributed by atoms with van der Waals surface area (Å²) in [6, 6.07) is 2.58. The van der Waals surface area contributed by atoms with Gasteiger partial charge in [-0.3, -0.25) is 0 Å². The van der Waals surface area contributed by atoms with E-state index in [0.717, 1.165) is 12.2 Å². The van der Waals surface area contributed by atoms with Crippen LogP contribution in [0.3, 0.4) is 0 Å². The lowest BCUT2D eigenvalue weighted by atomic mass is 9.96. The Balaban J connectivity index is 2.62. The number of benzene rings is 1. The lowest BCUT2D eigenvalue weighted by Crippen LogP contribution is -2.18. The predicted molar refractivity (Wildman–Crippen MR) is 74.8 cm³/mol. The molecule has 0 aliphatic heterocycles. The van der Waals surface area contributed by atoms with E-state index in [2.05, 4.69) is 34.2 Å². The third-order valence-electron chi connectivity index (χ3n) is 3.64. The fraction of sp³-hybridized carbons (Fsp3) is 0.571. The van der Waals surface area contributed by atoms with Crippen LogP contribution in [0.4, 0.5) is 0 Å². The minimum Gasteiger partial charge on any atom is -0.496 e. The molecule has 0 saturated heterocycles. The van der Waals surface area contributed by atoms with Gasteiger partial charge in [-0.25, -0.2) is 0 Å². The maximum atomic E-state index is 5.55. The highest BCUT2D eigenvalue weighted by atomic mass is 79.9. The molecule has 2 rings (SSSR count). The normalized spacial score (nSPS) is 19.6. The average molecular weight is 298 g/mol. The molecule has 94 valence electrons. The van der Waals surface area contributed by atoms with E-state index in [9.17, 15) is 0 Å². The van der Waals surface area contributed by atoms with Crippen molar-refractivity contribution in [2.75, 3.05) is 14.2 Å². The Bertz CT molecular complexity index is 417. The Labute approximate surface area is 112 Å². The van der Waals surface area contributed by atoms with Gasteiger partial charge in [0, 0.05) is 16.1 Å². The maximum Gasteiger partial charge on any atom is 0.122 e. The number of methoxy groups -OCH3 is 1. The van der Waals surface area contributed by atoms with Gasteiger partial charge in [0.2, 0.25) is 0 Å². The van der Waals surface area contributed by atoms with Gasteiger partial charge < -0.3 is 10.1 Å². The van der Waals surface area contributed by atoms with Crippen LogP contribution in [0.1, 0.15) is 42.0 Å². The van der Waals surface area contributed by atoms with Crippen molar-refractivity contribution in [1.29, 1.82) is 0 Å². The van der Waals surface area contributed by atoms with Crippen molar-refractivity contribution in [2.45, 2.75) is 38.6 Å². The zero-order valence-electron chi connectivity index (χ0n) is 10.8. The second-order valence-electron chi connectivity index (χ2n) is 4.69. The van der Waals surface area contributed by atoms with Crippen molar-refractivity contribution >= 4 is 15.9 Å². The maximum absolute atomic E-state index is 5.55. The minimum absolute atomic E-state index is 0.440. The van der Waals surface area contributed by atoms with Crippen molar-refractivity contribution in [3.8, 4) is 5.75 Å². The number of fused-ring (bicyclic) bond motifs is 1. The summed E-state index contributed by atoms with van der Waals surface area (Å²) in [5.41, 5.74) is 4.03. The Hall–Kier alpha value is -0.540. The largest absolute Gasteiger partial charge is 0.496 e. The van der Waals surface area contributed by atoms with Gasteiger partial charge in [-0.1, -0.05) is 22.4 Å². The molecule has 1 N–H and O–H groups in total. The highest BCUT2D eigenvalue weighted by molar-refractivity contribution is 9.10. The van der Waals surface area contributed by atoms with E-state index in [-0.39, 0.29) is 0 Å². The Kier molecular flexibility index (Phi) is 4.10. The summed E-state index contributed by atoms with van der Waals surface area (Å²) in [5.74, 6) is 1.04. The van der Waals surface area contributed by atoms with Crippen LogP contribution in [0.5, 0.6) is 5.75 Å². The molecule has 0 fully saturated rings. The van der Waals surface area contributed by atoms with Crippen LogP contribution in [0.2, 0.25) is 0 Å². The van der Waals surface area contributed by atoms with Crippen LogP contribution < -0.4 is 10.1 Å². The SMILES string of the molecule is CNC1CCCCc2c(OC)cc(C)c(Br)c21. The van der Waals surface area contributed by atoms with Gasteiger partial charge in [0.25, 0.3) is 0 Å². The van der Waals surface area contributed by atoms with E-state index >= 15 is 0 Å². The van der Waals surface area contributed by atoms with Crippen LogP contribution in [0.25, 0.3) is 0 Å². The van der Waals surface area contributed by atoms with Gasteiger partial charge in [-0.15, -0.1) is 0 Å². The van der Waals surface area contributed by atoms with Crippen LogP contribution in [0, 0.1) is 6.92 Å². The first-order valence-electron chi connectivity index (χ1n) is 6.22. The molecule has 3 heteroatoms. The van der Waals surface area contributed by atoms with Crippen LogP contribution in [-0.4, -0.2) is 14.2 Å². The molecule has 0 aromatic heterocycles. The number of rotatable bonds is 2. The molecule has 0 spiro atoms. The lowest BCUT2D eigenvalue weighted by Gasteiger charge is -2.22. The van der Waals surface area contributed by atoms with E-state index in [0.29, 0.717) is 6.04 Å². The summed E-state index contributed by atoms with van der Waals surface area (Å²) in [6.45, 7) is 2.13. The third kappa shape index (κ3) is 2.36. The Morgan fingerprint density at radius 2 is 2.18 bits per heavy atom. The molecular formula is C14H20BrNO. The molecule has 0 bridgehead atoms. The van der Waals surface area contributed by atoms with E-state index < -0.39 is 0 Å². The van der Waals surface area contributed by atoms with Crippen LogP contribution in [-0.2, 0) is 6.42 Å². The first-order valence-corrected chi connectivity index (χ1v) is 7.01. The van der Waals surface area contributed by atoms with E-state index in [1.54, 1.807) is 7.11 Å². The summed E-state index contributed by atoms with van der Waals surface area (Å²) in [7, 11) is 3.81. The number of nitrogens with one attached hydrogen (secondary N) is 1. The monoisotopic (exact) mass is 297 g/mol. The van der Waals surface area contributed by atoms with Crippen LogP contribution in [0.15, 0.2) is 10.5 Å². The molecule has 1 aliphatic carbocycles. The zero-order chi connectivity index (χ0) is 12.4. The van der Waals surface area contributed by atoms with Gasteiger partial charge in [-0.2, -0.15) is 0 Å². The molecule has 1 atom stereocenters. The average Bonchev–Trinajstić information content (AvgIpc) is 2.56. The molecule has 0 heterocycles. The second-order valence-corrected chi connectivity index (χ2v) is 5.48. The molecule has 0 amide bonds. The smallest absolute Gasteiger partial charge is 0.122 e. The van der Waals surface area contributed by atoms with Crippen molar-refractivity contribution in [3.05, 3.63) is 27.2 Å². The molecular weight excluding hydrogens is 278 g/mol. The number of hydrogen-bond donors (Lipinski definition) is 1. The summed E-state index contributed by atoms with van der Waals surface area (Å²) < 4.78 is 6.79. The second kappa shape index (κ2) is 5.40. The zero-order valence-corrected chi connectivity index (χ0v) is 12.4. The van der Waals surface area contributed by atoms with Crippen molar-refractivity contribution in [2.24, 2.45) is 0 Å². The molecule has 1 aliphatic rings. The summed E-state index contributed by atoms with van der Waals surface area (Å²) in [4.78, 5) is 0. The number of ether oxygens (including phenoxy) is 1. The highest BCUT2D eigenvalue weighted by Crippen LogP contribution is 2.40. The Morgan fingerprint density at radius 1 is 1.41 bits per heavy atom. The quantitative estimate of drug-likeness (QED) is 0.840. The third-order valence-corrected chi connectivity index (χ3v) is 4.69. The van der Waals surface area contributed by atoms with Gasteiger partial charge >= 0.3 is 0 Å². The van der Waals surface area contributed by atoms with Crippen molar-refractivity contribution in [3.63, 3.8) is 0 Å². The number of aryl methyl sites for hydroxylation is 1. The van der Waals surface area contributed by atoms with Crippen molar-refractivity contribution < 1.29 is 4.74 Å². The highest BCUT2D eigenvalue weighted by Gasteiger charge is 2.24. The first-order chi connectivity index (χ1) is 8.19. The van der Waals surface area contributed by atoms with Gasteiger partial charge in [0.15, 0.2) is 0 Å². The molecule has 1 aromatic carbocycles. The fourth-order valence-corrected chi connectivity index (χ4v) is 3.34. The van der Waals surface area contributed by atoms with Gasteiger partial charge in [-0.05, 0) is 50.4 Å². The van der Waals surface area contributed by atoms with Gasteiger partial charge in [0.05, 0.1) is 7.11 Å². The Morgan fingerprint density at radius 3 is 2.82 bits per heavy atom.